The molecular weight excluding hydrogens is 284 g/mol. The van der Waals surface area contributed by atoms with Crippen molar-refractivity contribution in [2.45, 2.75) is 18.8 Å². The number of fused-ring (bicyclic) bond motifs is 1. The standard InChI is InChI=1S/C15H20N4OS/c1-18(2)15(20)13-11(10-4-8-19(3)9-5-10)12-14(21-13)17-7-6-16-12/h6-7,10H,4-5,8-9H2,1-3H3. The Bertz CT molecular complexity index is 659. The maximum absolute atomic E-state index is 12.5. The van der Waals surface area contributed by atoms with Crippen molar-refractivity contribution in [3.8, 4) is 0 Å². The van der Waals surface area contributed by atoms with Crippen molar-refractivity contribution in [1.82, 2.24) is 19.8 Å². The van der Waals surface area contributed by atoms with Gasteiger partial charge in [0.1, 0.15) is 10.3 Å². The molecule has 5 nitrogen and oxygen atoms in total. The number of hydrogen-bond acceptors (Lipinski definition) is 5. The van der Waals surface area contributed by atoms with Crippen LogP contribution in [0.1, 0.15) is 34.0 Å². The third-order valence-electron chi connectivity index (χ3n) is 4.09. The number of likely N-dealkylation sites (tertiary alicyclic amines) is 1. The van der Waals surface area contributed by atoms with Gasteiger partial charge in [0.25, 0.3) is 5.91 Å². The van der Waals surface area contributed by atoms with Gasteiger partial charge in [0.2, 0.25) is 0 Å². The molecule has 1 aliphatic heterocycles. The number of hydrogen-bond donors (Lipinski definition) is 0. The van der Waals surface area contributed by atoms with Gasteiger partial charge >= 0.3 is 0 Å². The van der Waals surface area contributed by atoms with Crippen LogP contribution in [0.5, 0.6) is 0 Å². The van der Waals surface area contributed by atoms with Gasteiger partial charge in [0, 0.05) is 32.1 Å². The van der Waals surface area contributed by atoms with Crippen molar-refractivity contribution < 1.29 is 4.79 Å². The van der Waals surface area contributed by atoms with E-state index >= 15 is 0 Å². The van der Waals surface area contributed by atoms with Gasteiger partial charge in [-0.2, -0.15) is 0 Å². The minimum Gasteiger partial charge on any atom is -0.344 e. The number of aromatic nitrogens is 2. The Morgan fingerprint density at radius 1 is 1.29 bits per heavy atom. The normalized spacial score (nSPS) is 17.3. The van der Waals surface area contributed by atoms with E-state index in [4.69, 9.17) is 0 Å². The van der Waals surface area contributed by atoms with Gasteiger partial charge in [-0.25, -0.2) is 4.98 Å². The van der Waals surface area contributed by atoms with Crippen LogP contribution in [0.25, 0.3) is 10.3 Å². The smallest absolute Gasteiger partial charge is 0.263 e. The van der Waals surface area contributed by atoms with Crippen LogP contribution in [0.3, 0.4) is 0 Å². The maximum atomic E-state index is 12.5. The topological polar surface area (TPSA) is 49.3 Å². The SMILES string of the molecule is CN1CCC(c2c(C(=O)N(C)C)sc3nccnc23)CC1. The lowest BCUT2D eigenvalue weighted by molar-refractivity contribution is 0.0830. The highest BCUT2D eigenvalue weighted by Crippen LogP contribution is 2.39. The molecule has 1 aliphatic rings. The Balaban J connectivity index is 2.09. The van der Waals surface area contributed by atoms with E-state index in [-0.39, 0.29) is 5.91 Å². The summed E-state index contributed by atoms with van der Waals surface area (Å²) in [4.78, 5) is 27.1. The number of piperidine rings is 1. The number of nitrogens with zero attached hydrogens (tertiary/aromatic N) is 4. The zero-order valence-electron chi connectivity index (χ0n) is 12.7. The molecule has 0 aromatic carbocycles. The van der Waals surface area contributed by atoms with E-state index in [0.29, 0.717) is 5.92 Å². The largest absolute Gasteiger partial charge is 0.344 e. The third-order valence-corrected chi connectivity index (χ3v) is 5.18. The Morgan fingerprint density at radius 2 is 1.95 bits per heavy atom. The summed E-state index contributed by atoms with van der Waals surface area (Å²) in [5, 5.41) is 0. The van der Waals surface area contributed by atoms with Crippen LogP contribution in [0.2, 0.25) is 0 Å². The van der Waals surface area contributed by atoms with E-state index in [0.717, 1.165) is 46.7 Å². The fourth-order valence-corrected chi connectivity index (χ4v) is 4.09. The predicted molar refractivity (Wildman–Crippen MR) is 84.9 cm³/mol. The molecule has 3 rings (SSSR count). The molecule has 6 heteroatoms. The first kappa shape index (κ1) is 14.4. The molecule has 112 valence electrons. The first-order valence-corrected chi connectivity index (χ1v) is 8.03. The lowest BCUT2D eigenvalue weighted by Gasteiger charge is -2.29. The van der Waals surface area contributed by atoms with Crippen LogP contribution in [-0.4, -0.2) is 59.9 Å². The Kier molecular flexibility index (Phi) is 3.91. The number of carbonyl (C=O) groups is 1. The molecule has 0 unspecified atom stereocenters. The average Bonchev–Trinajstić information content (AvgIpc) is 2.86. The molecule has 2 aromatic rings. The van der Waals surface area contributed by atoms with E-state index in [9.17, 15) is 4.79 Å². The molecule has 21 heavy (non-hydrogen) atoms. The van der Waals surface area contributed by atoms with Gasteiger partial charge in [0.15, 0.2) is 0 Å². The zero-order valence-corrected chi connectivity index (χ0v) is 13.5. The summed E-state index contributed by atoms with van der Waals surface area (Å²) < 4.78 is 0. The number of carbonyl (C=O) groups excluding carboxylic acids is 1. The first-order chi connectivity index (χ1) is 10.1. The van der Waals surface area contributed by atoms with Crippen molar-refractivity contribution >= 4 is 27.6 Å². The molecule has 0 N–H and O–H groups in total. The highest BCUT2D eigenvalue weighted by atomic mass is 32.1. The molecule has 0 aliphatic carbocycles. The molecule has 0 saturated carbocycles. The van der Waals surface area contributed by atoms with E-state index in [1.807, 2.05) is 0 Å². The van der Waals surface area contributed by atoms with E-state index < -0.39 is 0 Å². The fraction of sp³-hybridized carbons (Fsp3) is 0.533. The van der Waals surface area contributed by atoms with E-state index in [1.54, 1.807) is 31.4 Å². The van der Waals surface area contributed by atoms with Gasteiger partial charge in [-0.15, -0.1) is 11.3 Å². The molecule has 2 aromatic heterocycles. The van der Waals surface area contributed by atoms with Gasteiger partial charge < -0.3 is 9.80 Å². The van der Waals surface area contributed by atoms with Crippen molar-refractivity contribution in [3.63, 3.8) is 0 Å². The van der Waals surface area contributed by atoms with Gasteiger partial charge in [-0.1, -0.05) is 0 Å². The Hall–Kier alpha value is -1.53. The van der Waals surface area contributed by atoms with E-state index in [2.05, 4.69) is 21.9 Å². The second-order valence-electron chi connectivity index (χ2n) is 5.83. The summed E-state index contributed by atoms with van der Waals surface area (Å²) in [6.45, 7) is 2.13. The number of amides is 1. The summed E-state index contributed by atoms with van der Waals surface area (Å²) in [5.74, 6) is 0.472. The summed E-state index contributed by atoms with van der Waals surface area (Å²) in [7, 11) is 5.74. The number of rotatable bonds is 2. The van der Waals surface area contributed by atoms with Crippen LogP contribution in [-0.2, 0) is 0 Å². The lowest BCUT2D eigenvalue weighted by Crippen LogP contribution is -2.30. The molecule has 0 spiro atoms. The molecule has 0 radical (unpaired) electrons. The van der Waals surface area contributed by atoms with Crippen molar-refractivity contribution in [3.05, 3.63) is 22.8 Å². The fourth-order valence-electron chi connectivity index (χ4n) is 2.88. The van der Waals surface area contributed by atoms with Crippen molar-refractivity contribution in [1.29, 1.82) is 0 Å². The van der Waals surface area contributed by atoms with Crippen LogP contribution in [0.15, 0.2) is 12.4 Å². The molecule has 0 atom stereocenters. The van der Waals surface area contributed by atoms with Crippen LogP contribution < -0.4 is 0 Å². The molecule has 3 heterocycles. The highest BCUT2D eigenvalue weighted by molar-refractivity contribution is 7.20. The average molecular weight is 304 g/mol. The highest BCUT2D eigenvalue weighted by Gasteiger charge is 2.29. The quantitative estimate of drug-likeness (QED) is 0.853. The molecule has 1 fully saturated rings. The van der Waals surface area contributed by atoms with Gasteiger partial charge in [-0.3, -0.25) is 9.78 Å². The lowest BCUT2D eigenvalue weighted by atomic mass is 9.89. The Labute approximate surface area is 128 Å². The van der Waals surface area contributed by atoms with Crippen molar-refractivity contribution in [2.24, 2.45) is 0 Å². The first-order valence-electron chi connectivity index (χ1n) is 7.21. The van der Waals surface area contributed by atoms with Crippen LogP contribution >= 0.6 is 11.3 Å². The maximum Gasteiger partial charge on any atom is 0.263 e. The molecule has 1 saturated heterocycles. The molecular formula is C15H20N4OS. The van der Waals surface area contributed by atoms with Gasteiger partial charge in [-0.05, 0) is 38.9 Å². The van der Waals surface area contributed by atoms with Gasteiger partial charge in [0.05, 0.1) is 4.88 Å². The summed E-state index contributed by atoms with van der Waals surface area (Å²) in [5.41, 5.74) is 2.04. The summed E-state index contributed by atoms with van der Waals surface area (Å²) >= 11 is 1.48. The zero-order chi connectivity index (χ0) is 15.0. The Morgan fingerprint density at radius 3 is 2.62 bits per heavy atom. The van der Waals surface area contributed by atoms with Crippen LogP contribution in [0, 0.1) is 0 Å². The van der Waals surface area contributed by atoms with Crippen molar-refractivity contribution in [2.75, 3.05) is 34.2 Å². The second-order valence-corrected chi connectivity index (χ2v) is 6.83. The monoisotopic (exact) mass is 304 g/mol. The third kappa shape index (κ3) is 2.65. The molecule has 1 amide bonds. The summed E-state index contributed by atoms with van der Waals surface area (Å²) in [6.07, 6.45) is 5.57. The minimum atomic E-state index is 0.0636. The van der Waals surface area contributed by atoms with Crippen LogP contribution in [0.4, 0.5) is 0 Å². The summed E-state index contributed by atoms with van der Waals surface area (Å²) in [6, 6.07) is 0. The molecule has 0 bridgehead atoms. The predicted octanol–water partition coefficient (Wildman–Crippen LogP) is 2.20. The minimum absolute atomic E-state index is 0.0636. The van der Waals surface area contributed by atoms with E-state index in [1.165, 1.54) is 11.3 Å². The second kappa shape index (κ2) is 5.69. The number of thiophene rings is 1.